The third kappa shape index (κ3) is 4.60. The standard InChI is InChI=1S/C11H9Cl2NO3S/c12-7-4-9(18)8(13)3-6(7)1-2-10(15)14-5-11(16)17/h1-4,18H,5H2,(H,14,15)(H,16,17). The van der Waals surface area contributed by atoms with E-state index in [1.807, 2.05) is 0 Å². The van der Waals surface area contributed by atoms with Crippen molar-refractivity contribution in [1.29, 1.82) is 0 Å². The van der Waals surface area contributed by atoms with Gasteiger partial charge in [0.1, 0.15) is 6.54 Å². The van der Waals surface area contributed by atoms with E-state index in [2.05, 4.69) is 17.9 Å². The predicted molar refractivity (Wildman–Crippen MR) is 73.4 cm³/mol. The SMILES string of the molecule is O=C(O)CNC(=O)C=Cc1cc(Cl)c(S)cc1Cl. The van der Waals surface area contributed by atoms with Crippen LogP contribution in [-0.4, -0.2) is 23.5 Å². The van der Waals surface area contributed by atoms with E-state index in [0.29, 0.717) is 20.5 Å². The first-order valence-corrected chi connectivity index (χ1v) is 5.96. The normalized spacial score (nSPS) is 10.6. The smallest absolute Gasteiger partial charge is 0.322 e. The zero-order valence-electron chi connectivity index (χ0n) is 8.98. The maximum Gasteiger partial charge on any atom is 0.322 e. The number of hydrogen-bond acceptors (Lipinski definition) is 3. The Morgan fingerprint density at radius 2 is 2.00 bits per heavy atom. The number of halogens is 2. The van der Waals surface area contributed by atoms with Gasteiger partial charge in [0.2, 0.25) is 5.91 Å². The van der Waals surface area contributed by atoms with Crippen molar-refractivity contribution >= 4 is 53.8 Å². The fraction of sp³-hybridized carbons (Fsp3) is 0.0909. The highest BCUT2D eigenvalue weighted by molar-refractivity contribution is 7.80. The van der Waals surface area contributed by atoms with Crippen LogP contribution in [0.3, 0.4) is 0 Å². The molecule has 0 saturated carbocycles. The number of aliphatic carboxylic acids is 1. The number of carboxylic acids is 1. The second-order valence-corrected chi connectivity index (χ2v) is 4.57. The summed E-state index contributed by atoms with van der Waals surface area (Å²) in [4.78, 5) is 22.0. The molecular weight excluding hydrogens is 297 g/mol. The molecule has 0 fully saturated rings. The summed E-state index contributed by atoms with van der Waals surface area (Å²) < 4.78 is 0. The number of carboxylic acid groups (broad SMARTS) is 1. The Bertz CT molecular complexity index is 517. The average molecular weight is 306 g/mol. The summed E-state index contributed by atoms with van der Waals surface area (Å²) in [5.41, 5.74) is 0.546. The summed E-state index contributed by atoms with van der Waals surface area (Å²) in [5, 5.41) is 11.4. The lowest BCUT2D eigenvalue weighted by Gasteiger charge is -2.02. The molecule has 96 valence electrons. The van der Waals surface area contributed by atoms with Crippen LogP contribution < -0.4 is 5.32 Å². The van der Waals surface area contributed by atoms with E-state index in [0.717, 1.165) is 0 Å². The van der Waals surface area contributed by atoms with Crippen molar-refractivity contribution in [2.75, 3.05) is 6.54 Å². The highest BCUT2D eigenvalue weighted by Crippen LogP contribution is 2.28. The van der Waals surface area contributed by atoms with Crippen molar-refractivity contribution in [1.82, 2.24) is 5.32 Å². The number of thiol groups is 1. The third-order valence-electron chi connectivity index (χ3n) is 1.89. The summed E-state index contributed by atoms with van der Waals surface area (Å²) in [6.07, 6.45) is 2.62. The van der Waals surface area contributed by atoms with Crippen molar-refractivity contribution in [2.24, 2.45) is 0 Å². The Kier molecular flexibility index (Phi) is 5.53. The van der Waals surface area contributed by atoms with E-state index in [4.69, 9.17) is 28.3 Å². The molecule has 0 heterocycles. The molecule has 0 aromatic heterocycles. The van der Waals surface area contributed by atoms with Crippen molar-refractivity contribution in [3.05, 3.63) is 33.8 Å². The van der Waals surface area contributed by atoms with E-state index < -0.39 is 18.4 Å². The molecule has 0 bridgehead atoms. The molecule has 2 N–H and O–H groups in total. The summed E-state index contributed by atoms with van der Waals surface area (Å²) in [6, 6.07) is 3.12. The number of benzene rings is 1. The van der Waals surface area contributed by atoms with Gasteiger partial charge in [0.15, 0.2) is 0 Å². The molecule has 1 rings (SSSR count). The van der Waals surface area contributed by atoms with Gasteiger partial charge in [-0.25, -0.2) is 0 Å². The number of amides is 1. The largest absolute Gasteiger partial charge is 0.480 e. The van der Waals surface area contributed by atoms with E-state index in [1.54, 1.807) is 12.1 Å². The molecule has 0 atom stereocenters. The van der Waals surface area contributed by atoms with Gasteiger partial charge in [0.25, 0.3) is 0 Å². The summed E-state index contributed by atoms with van der Waals surface area (Å²) in [5.74, 6) is -1.64. The van der Waals surface area contributed by atoms with Gasteiger partial charge in [-0.15, -0.1) is 12.6 Å². The van der Waals surface area contributed by atoms with Crippen LogP contribution in [0.1, 0.15) is 5.56 Å². The fourth-order valence-corrected chi connectivity index (χ4v) is 1.74. The van der Waals surface area contributed by atoms with Crippen LogP contribution in [0.2, 0.25) is 10.0 Å². The minimum absolute atomic E-state index is 0.395. The Labute approximate surface area is 119 Å². The topological polar surface area (TPSA) is 66.4 Å². The molecule has 0 spiro atoms. The van der Waals surface area contributed by atoms with Gasteiger partial charge in [-0.2, -0.15) is 0 Å². The monoisotopic (exact) mass is 305 g/mol. The van der Waals surface area contributed by atoms with Gasteiger partial charge in [-0.3, -0.25) is 9.59 Å². The molecule has 1 aromatic rings. The van der Waals surface area contributed by atoms with E-state index in [9.17, 15) is 9.59 Å². The first-order valence-electron chi connectivity index (χ1n) is 4.76. The fourth-order valence-electron chi connectivity index (χ4n) is 1.07. The molecule has 0 aliphatic carbocycles. The summed E-state index contributed by atoms with van der Waals surface area (Å²) in [7, 11) is 0. The number of nitrogens with one attached hydrogen (secondary N) is 1. The van der Waals surface area contributed by atoms with Gasteiger partial charge in [0, 0.05) is 16.0 Å². The number of hydrogen-bond donors (Lipinski definition) is 3. The van der Waals surface area contributed by atoms with Crippen LogP contribution >= 0.6 is 35.8 Å². The maximum absolute atomic E-state index is 11.2. The van der Waals surface area contributed by atoms with Gasteiger partial charge >= 0.3 is 5.97 Å². The number of carbonyl (C=O) groups is 2. The molecule has 4 nitrogen and oxygen atoms in total. The minimum Gasteiger partial charge on any atom is -0.480 e. The Morgan fingerprint density at radius 1 is 1.33 bits per heavy atom. The van der Waals surface area contributed by atoms with Crippen LogP contribution in [-0.2, 0) is 9.59 Å². The number of rotatable bonds is 4. The zero-order valence-corrected chi connectivity index (χ0v) is 11.4. The van der Waals surface area contributed by atoms with E-state index >= 15 is 0 Å². The maximum atomic E-state index is 11.2. The number of carbonyl (C=O) groups excluding carboxylic acids is 1. The van der Waals surface area contributed by atoms with E-state index in [-0.39, 0.29) is 0 Å². The second-order valence-electron chi connectivity index (χ2n) is 3.27. The molecule has 0 unspecified atom stereocenters. The van der Waals surface area contributed by atoms with Gasteiger partial charge < -0.3 is 10.4 Å². The lowest BCUT2D eigenvalue weighted by Crippen LogP contribution is -2.27. The Morgan fingerprint density at radius 3 is 2.61 bits per heavy atom. The van der Waals surface area contributed by atoms with Crippen LogP contribution in [0.25, 0.3) is 6.08 Å². The second kappa shape index (κ2) is 6.68. The van der Waals surface area contributed by atoms with E-state index in [1.165, 1.54) is 12.2 Å². The van der Waals surface area contributed by atoms with Crippen LogP contribution in [0.5, 0.6) is 0 Å². The Hall–Kier alpha value is -1.17. The van der Waals surface area contributed by atoms with Crippen molar-refractivity contribution in [3.8, 4) is 0 Å². The average Bonchev–Trinajstić information content (AvgIpc) is 2.29. The zero-order chi connectivity index (χ0) is 13.7. The molecular formula is C11H9Cl2NO3S. The van der Waals surface area contributed by atoms with Crippen LogP contribution in [0.15, 0.2) is 23.1 Å². The van der Waals surface area contributed by atoms with Crippen LogP contribution in [0, 0.1) is 0 Å². The molecule has 1 aromatic carbocycles. The molecule has 7 heteroatoms. The van der Waals surface area contributed by atoms with Gasteiger partial charge in [-0.1, -0.05) is 23.2 Å². The molecule has 18 heavy (non-hydrogen) atoms. The Balaban J connectivity index is 2.75. The molecule has 0 radical (unpaired) electrons. The molecule has 0 aliphatic heterocycles. The first kappa shape index (κ1) is 14.9. The highest BCUT2D eigenvalue weighted by Gasteiger charge is 2.04. The van der Waals surface area contributed by atoms with Crippen LogP contribution in [0.4, 0.5) is 0 Å². The highest BCUT2D eigenvalue weighted by atomic mass is 35.5. The lowest BCUT2D eigenvalue weighted by molar-refractivity contribution is -0.137. The van der Waals surface area contributed by atoms with Crippen molar-refractivity contribution < 1.29 is 14.7 Å². The molecule has 0 aliphatic rings. The minimum atomic E-state index is -1.11. The van der Waals surface area contributed by atoms with Gasteiger partial charge in [0.05, 0.1) is 5.02 Å². The molecule has 0 saturated heterocycles. The third-order valence-corrected chi connectivity index (χ3v) is 3.04. The van der Waals surface area contributed by atoms with Crippen molar-refractivity contribution in [3.63, 3.8) is 0 Å². The lowest BCUT2D eigenvalue weighted by atomic mass is 10.2. The summed E-state index contributed by atoms with van der Waals surface area (Å²) in [6.45, 7) is -0.437. The van der Waals surface area contributed by atoms with Gasteiger partial charge in [-0.05, 0) is 23.8 Å². The van der Waals surface area contributed by atoms with Crippen molar-refractivity contribution in [2.45, 2.75) is 4.90 Å². The predicted octanol–water partition coefficient (Wildman–Crippen LogP) is 2.50. The quantitative estimate of drug-likeness (QED) is 0.591. The molecule has 1 amide bonds. The first-order chi connectivity index (χ1) is 8.40. The summed E-state index contributed by atoms with van der Waals surface area (Å²) >= 11 is 15.9.